The first-order valence-electron chi connectivity index (χ1n) is 11.9. The lowest BCUT2D eigenvalue weighted by molar-refractivity contribution is 0.579. The van der Waals surface area contributed by atoms with E-state index in [-0.39, 0.29) is 10.8 Å². The number of hydrogen-bond acceptors (Lipinski definition) is 7. The van der Waals surface area contributed by atoms with Crippen molar-refractivity contribution in [2.24, 2.45) is 0 Å². The first-order valence-corrected chi connectivity index (χ1v) is 11.9. The first-order chi connectivity index (χ1) is 17.1. The van der Waals surface area contributed by atoms with Crippen LogP contribution in [-0.4, -0.2) is 25.4 Å². The van der Waals surface area contributed by atoms with E-state index < -0.39 is 0 Å². The molecule has 3 aromatic heterocycles. The largest absolute Gasteiger partial charge is 0.416 e. The Balaban J connectivity index is 1.38. The average molecular weight is 480 g/mol. The topological polar surface area (TPSA) is 90.7 Å². The standard InChI is InChI=1S/C29H29N5O2/c1-28(2,3)22-11-7-18(8-12-22)24-31-33-26(35-24)20-15-21(17-30-16-20)27-34-32-25(36-27)19-9-13-23(14-10-19)29(4,5)6/h7-17H,1-6H3. The number of nitrogens with zero attached hydrogens (tertiary/aromatic N) is 5. The van der Waals surface area contributed by atoms with Gasteiger partial charge in [-0.3, -0.25) is 4.98 Å². The van der Waals surface area contributed by atoms with Crippen LogP contribution in [0.2, 0.25) is 0 Å². The minimum Gasteiger partial charge on any atom is -0.416 e. The van der Waals surface area contributed by atoms with Gasteiger partial charge in [-0.15, -0.1) is 20.4 Å². The van der Waals surface area contributed by atoms with Gasteiger partial charge >= 0.3 is 0 Å². The van der Waals surface area contributed by atoms with E-state index in [1.54, 1.807) is 12.4 Å². The van der Waals surface area contributed by atoms with Crippen LogP contribution in [0.4, 0.5) is 0 Å². The summed E-state index contributed by atoms with van der Waals surface area (Å²) >= 11 is 0. The van der Waals surface area contributed by atoms with E-state index in [1.165, 1.54) is 11.1 Å². The summed E-state index contributed by atoms with van der Waals surface area (Å²) in [5.74, 6) is 1.65. The summed E-state index contributed by atoms with van der Waals surface area (Å²) in [7, 11) is 0. The second kappa shape index (κ2) is 8.82. The maximum absolute atomic E-state index is 5.96. The molecule has 0 aliphatic rings. The Morgan fingerprint density at radius 2 is 0.806 bits per heavy atom. The maximum atomic E-state index is 5.96. The van der Waals surface area contributed by atoms with E-state index in [0.717, 1.165) is 11.1 Å². The van der Waals surface area contributed by atoms with Crippen LogP contribution in [-0.2, 0) is 10.8 Å². The molecule has 0 saturated carbocycles. The molecule has 0 bridgehead atoms. The lowest BCUT2D eigenvalue weighted by Gasteiger charge is -2.18. The summed E-state index contributed by atoms with van der Waals surface area (Å²) in [6.45, 7) is 13.1. The maximum Gasteiger partial charge on any atom is 0.249 e. The smallest absolute Gasteiger partial charge is 0.249 e. The Kier molecular flexibility index (Phi) is 5.79. The monoisotopic (exact) mass is 479 g/mol. The van der Waals surface area contributed by atoms with Crippen molar-refractivity contribution in [2.75, 3.05) is 0 Å². The summed E-state index contributed by atoms with van der Waals surface area (Å²) in [5, 5.41) is 16.9. The van der Waals surface area contributed by atoms with Crippen molar-refractivity contribution in [2.45, 2.75) is 52.4 Å². The SMILES string of the molecule is CC(C)(C)c1ccc(-c2nnc(-c3cncc(-c4nnc(-c5ccc(C(C)(C)C)cc5)o4)c3)o2)cc1. The number of pyridine rings is 1. The molecule has 7 heteroatoms. The van der Waals surface area contributed by atoms with E-state index in [0.29, 0.717) is 34.7 Å². The Labute approximate surface area is 210 Å². The molecule has 0 unspecified atom stereocenters. The fourth-order valence-corrected chi connectivity index (χ4v) is 3.81. The number of aromatic nitrogens is 5. The van der Waals surface area contributed by atoms with Crippen LogP contribution >= 0.6 is 0 Å². The van der Waals surface area contributed by atoms with Gasteiger partial charge in [-0.25, -0.2) is 0 Å². The molecule has 0 radical (unpaired) electrons. The second-order valence-electron chi connectivity index (χ2n) is 10.9. The zero-order chi connectivity index (χ0) is 25.5. The predicted octanol–water partition coefficient (Wildman–Crippen LogP) is 7.11. The van der Waals surface area contributed by atoms with Crippen LogP contribution in [0, 0.1) is 0 Å². The second-order valence-corrected chi connectivity index (χ2v) is 10.9. The molecule has 0 amide bonds. The molecular formula is C29H29N5O2. The van der Waals surface area contributed by atoms with Crippen molar-refractivity contribution < 1.29 is 8.83 Å². The van der Waals surface area contributed by atoms with Gasteiger partial charge in [0.05, 0.1) is 11.1 Å². The zero-order valence-electron chi connectivity index (χ0n) is 21.4. The number of benzene rings is 2. The molecule has 0 aliphatic carbocycles. The third kappa shape index (κ3) is 4.82. The fraction of sp³-hybridized carbons (Fsp3) is 0.276. The molecule has 2 aromatic carbocycles. The molecular weight excluding hydrogens is 450 g/mol. The van der Waals surface area contributed by atoms with Crippen LogP contribution in [0.3, 0.4) is 0 Å². The molecule has 0 fully saturated rings. The van der Waals surface area contributed by atoms with Gasteiger partial charge in [0.15, 0.2) is 0 Å². The van der Waals surface area contributed by atoms with Crippen LogP contribution in [0.15, 0.2) is 75.8 Å². The Bertz CT molecular complexity index is 1370. The van der Waals surface area contributed by atoms with Gasteiger partial charge < -0.3 is 8.83 Å². The Morgan fingerprint density at radius 1 is 0.472 bits per heavy atom. The van der Waals surface area contributed by atoms with Crippen LogP contribution in [0.25, 0.3) is 45.8 Å². The highest BCUT2D eigenvalue weighted by molar-refractivity contribution is 5.65. The Hall–Kier alpha value is -4.13. The third-order valence-corrected chi connectivity index (χ3v) is 6.08. The summed E-state index contributed by atoms with van der Waals surface area (Å²) in [5.41, 5.74) is 5.72. The predicted molar refractivity (Wildman–Crippen MR) is 139 cm³/mol. The molecule has 0 saturated heterocycles. The fourth-order valence-electron chi connectivity index (χ4n) is 3.81. The molecule has 0 spiro atoms. The highest BCUT2D eigenvalue weighted by Gasteiger charge is 2.18. The van der Waals surface area contributed by atoms with Gasteiger partial charge in [0.25, 0.3) is 0 Å². The van der Waals surface area contributed by atoms with Crippen molar-refractivity contribution >= 4 is 0 Å². The van der Waals surface area contributed by atoms with Crippen LogP contribution < -0.4 is 0 Å². The van der Waals surface area contributed by atoms with Crippen molar-refractivity contribution in [3.63, 3.8) is 0 Å². The van der Waals surface area contributed by atoms with E-state index in [2.05, 4.69) is 91.2 Å². The minimum atomic E-state index is 0.0785. The quantitative estimate of drug-likeness (QED) is 0.271. The average Bonchev–Trinajstić information content (AvgIpc) is 3.54. The number of hydrogen-bond donors (Lipinski definition) is 0. The van der Waals surface area contributed by atoms with Crippen LogP contribution in [0.1, 0.15) is 52.7 Å². The van der Waals surface area contributed by atoms with Crippen molar-refractivity contribution in [3.05, 3.63) is 78.1 Å². The van der Waals surface area contributed by atoms with Gasteiger partial charge in [0.2, 0.25) is 23.6 Å². The van der Waals surface area contributed by atoms with Crippen LogP contribution in [0.5, 0.6) is 0 Å². The molecule has 182 valence electrons. The summed E-state index contributed by atoms with van der Waals surface area (Å²) in [4.78, 5) is 4.32. The normalized spacial score (nSPS) is 12.2. The lowest BCUT2D eigenvalue weighted by Crippen LogP contribution is -2.10. The molecule has 0 N–H and O–H groups in total. The van der Waals surface area contributed by atoms with Gasteiger partial charge in [-0.1, -0.05) is 65.8 Å². The molecule has 36 heavy (non-hydrogen) atoms. The van der Waals surface area contributed by atoms with E-state index >= 15 is 0 Å². The highest BCUT2D eigenvalue weighted by Crippen LogP contribution is 2.30. The van der Waals surface area contributed by atoms with Crippen molar-refractivity contribution in [1.82, 2.24) is 25.4 Å². The molecule has 3 heterocycles. The van der Waals surface area contributed by atoms with Gasteiger partial charge in [0.1, 0.15) is 0 Å². The summed E-state index contributed by atoms with van der Waals surface area (Å²) in [6, 6.07) is 18.2. The number of rotatable bonds is 4. The van der Waals surface area contributed by atoms with E-state index in [4.69, 9.17) is 8.83 Å². The molecule has 7 nitrogen and oxygen atoms in total. The van der Waals surface area contributed by atoms with E-state index in [1.807, 2.05) is 30.3 Å². The first kappa shape index (κ1) is 23.6. The summed E-state index contributed by atoms with van der Waals surface area (Å²) < 4.78 is 11.9. The van der Waals surface area contributed by atoms with Crippen molar-refractivity contribution in [1.29, 1.82) is 0 Å². The van der Waals surface area contributed by atoms with Gasteiger partial charge in [-0.05, 0) is 52.3 Å². The minimum absolute atomic E-state index is 0.0785. The third-order valence-electron chi connectivity index (χ3n) is 6.08. The molecule has 0 atom stereocenters. The molecule has 5 rings (SSSR count). The summed E-state index contributed by atoms with van der Waals surface area (Å²) in [6.07, 6.45) is 3.35. The zero-order valence-corrected chi connectivity index (χ0v) is 21.4. The Morgan fingerprint density at radius 3 is 1.14 bits per heavy atom. The van der Waals surface area contributed by atoms with Gasteiger partial charge in [-0.2, -0.15) is 0 Å². The van der Waals surface area contributed by atoms with Gasteiger partial charge in [0, 0.05) is 23.5 Å². The molecule has 0 aliphatic heterocycles. The van der Waals surface area contributed by atoms with Crippen molar-refractivity contribution in [3.8, 4) is 45.8 Å². The molecule has 5 aromatic rings. The lowest BCUT2D eigenvalue weighted by atomic mass is 9.87. The highest BCUT2D eigenvalue weighted by atomic mass is 16.4. The van der Waals surface area contributed by atoms with E-state index in [9.17, 15) is 0 Å².